The average molecular weight is 158 g/mol. The second kappa shape index (κ2) is 2.22. The smallest absolute Gasteiger partial charge is 0.0841 e. The quantitative estimate of drug-likeness (QED) is 0.473. The number of nitrogens with zero attached hydrogens (tertiary/aromatic N) is 1. The molecule has 0 aromatic rings. The van der Waals surface area contributed by atoms with Gasteiger partial charge in [-0.2, -0.15) is 0 Å². The number of hydrogen-bond donors (Lipinski definition) is 0. The fourth-order valence-corrected chi connectivity index (χ4v) is 1.77. The maximum absolute atomic E-state index is 8.09. The Labute approximate surface area is 75.6 Å². The molecule has 2 fully saturated rings. The first-order valence-electron chi connectivity index (χ1n) is 6.47. The summed E-state index contributed by atoms with van der Waals surface area (Å²) in [5, 5.41) is 0. The van der Waals surface area contributed by atoms with Crippen LogP contribution in [0.2, 0.25) is 0 Å². The van der Waals surface area contributed by atoms with Crippen molar-refractivity contribution in [3.8, 4) is 0 Å². The van der Waals surface area contributed by atoms with E-state index in [9.17, 15) is 0 Å². The molecule has 0 aromatic heterocycles. The molecule has 0 unspecified atom stereocenters. The Kier molecular flexibility index (Phi) is 0.863. The lowest BCUT2D eigenvalue weighted by molar-refractivity contribution is -0.969. The summed E-state index contributed by atoms with van der Waals surface area (Å²) in [5.74, 6) is 0. The van der Waals surface area contributed by atoms with Gasteiger partial charge in [0.2, 0.25) is 0 Å². The van der Waals surface area contributed by atoms with Gasteiger partial charge >= 0.3 is 0 Å². The van der Waals surface area contributed by atoms with Crippen LogP contribution in [-0.2, 0) is 0 Å². The molecule has 0 radical (unpaired) electrons. The lowest BCUT2D eigenvalue weighted by Gasteiger charge is -2.51. The highest BCUT2D eigenvalue weighted by Gasteiger charge is 2.41. The summed E-state index contributed by atoms with van der Waals surface area (Å²) in [7, 11) is 0. The summed E-state index contributed by atoms with van der Waals surface area (Å²) in [4.78, 5) is 0. The van der Waals surface area contributed by atoms with Crippen LogP contribution in [-0.4, -0.2) is 30.7 Å². The summed E-state index contributed by atoms with van der Waals surface area (Å²) in [5.41, 5.74) is -0.890. The van der Waals surface area contributed by atoms with Crippen molar-refractivity contribution in [2.75, 3.05) is 26.2 Å². The van der Waals surface area contributed by atoms with Gasteiger partial charge in [0, 0.05) is 24.6 Å². The second-order valence-corrected chi connectivity index (χ2v) is 4.44. The monoisotopic (exact) mass is 158 g/mol. The molecule has 0 amide bonds. The van der Waals surface area contributed by atoms with Crippen molar-refractivity contribution in [1.82, 2.24) is 0 Å². The molecule has 0 aliphatic carbocycles. The van der Waals surface area contributed by atoms with Crippen LogP contribution in [0.3, 0.4) is 0 Å². The average Bonchev–Trinajstić information content (AvgIpc) is 1.96. The predicted molar refractivity (Wildman–Crippen MR) is 47.4 cm³/mol. The Bertz CT molecular complexity index is 259. The van der Waals surface area contributed by atoms with Gasteiger partial charge in [-0.1, -0.05) is 13.8 Å². The zero-order valence-corrected chi connectivity index (χ0v) is 7.48. The molecular weight excluding hydrogens is 134 g/mol. The first-order chi connectivity index (χ1) is 6.62. The van der Waals surface area contributed by atoms with Crippen molar-refractivity contribution < 1.29 is 9.97 Å². The molecule has 1 heteroatoms. The van der Waals surface area contributed by atoms with Gasteiger partial charge in [-0.25, -0.2) is 0 Å². The maximum atomic E-state index is 8.09. The van der Waals surface area contributed by atoms with Crippen LogP contribution in [0.25, 0.3) is 0 Å². The largest absolute Gasteiger partial charge is 0.323 e. The van der Waals surface area contributed by atoms with E-state index in [2.05, 4.69) is 0 Å². The van der Waals surface area contributed by atoms with E-state index >= 15 is 0 Å². The van der Waals surface area contributed by atoms with Crippen LogP contribution in [0.1, 0.15) is 38.5 Å². The van der Waals surface area contributed by atoms with E-state index in [1.165, 1.54) is 0 Å². The van der Waals surface area contributed by atoms with Crippen LogP contribution in [0.15, 0.2) is 0 Å². The van der Waals surface area contributed by atoms with Crippen LogP contribution >= 0.6 is 0 Å². The Morgan fingerprint density at radius 3 is 2.00 bits per heavy atom. The molecule has 1 spiro atoms. The summed E-state index contributed by atoms with van der Waals surface area (Å²) in [6, 6.07) is 0. The van der Waals surface area contributed by atoms with Crippen molar-refractivity contribution in [1.29, 1.82) is 0 Å². The first kappa shape index (κ1) is 4.27. The van der Waals surface area contributed by atoms with Gasteiger partial charge in [-0.15, -0.1) is 0 Å². The third-order valence-corrected chi connectivity index (χ3v) is 2.98. The molecule has 1 nitrogen and oxygen atoms in total. The molecule has 64 valence electrons. The fraction of sp³-hybridized carbons (Fsp3) is 1.00. The van der Waals surface area contributed by atoms with Gasteiger partial charge in [-0.3, -0.25) is 0 Å². The van der Waals surface area contributed by atoms with E-state index < -0.39 is 18.2 Å². The Morgan fingerprint density at radius 1 is 1.09 bits per heavy atom. The van der Waals surface area contributed by atoms with Gasteiger partial charge < -0.3 is 4.48 Å². The summed E-state index contributed by atoms with van der Waals surface area (Å²) in [6.45, 7) is 6.33. The summed E-state index contributed by atoms with van der Waals surface area (Å²) >= 11 is 0. The summed E-state index contributed by atoms with van der Waals surface area (Å²) < 4.78 is 33.0. The molecule has 0 N–H and O–H groups in total. The lowest BCUT2D eigenvalue weighted by atomic mass is 9.80. The van der Waals surface area contributed by atoms with Crippen molar-refractivity contribution in [3.63, 3.8) is 0 Å². The Balaban J connectivity index is 2.34. The number of piperidine rings is 1. The van der Waals surface area contributed by atoms with E-state index in [0.29, 0.717) is 17.6 Å². The molecule has 0 saturated carbocycles. The molecule has 2 aliphatic rings. The molecule has 0 bridgehead atoms. The van der Waals surface area contributed by atoms with Crippen LogP contribution in [0.5, 0.6) is 0 Å². The van der Waals surface area contributed by atoms with Crippen molar-refractivity contribution >= 4 is 0 Å². The van der Waals surface area contributed by atoms with Crippen LogP contribution in [0.4, 0.5) is 0 Å². The molecule has 0 aromatic carbocycles. The molecule has 2 heterocycles. The van der Waals surface area contributed by atoms with E-state index in [0.717, 1.165) is 19.5 Å². The summed E-state index contributed by atoms with van der Waals surface area (Å²) in [6.07, 6.45) is -1.70. The maximum Gasteiger partial charge on any atom is 0.0841 e. The van der Waals surface area contributed by atoms with Crippen LogP contribution in [0, 0.1) is 5.41 Å². The number of rotatable bonds is 0. The molecule has 2 rings (SSSR count). The number of quaternary nitrogens is 1. The third kappa shape index (κ3) is 1.31. The second-order valence-electron chi connectivity index (χ2n) is 4.44. The van der Waals surface area contributed by atoms with Crippen molar-refractivity contribution in [2.24, 2.45) is 5.41 Å². The molecule has 0 atom stereocenters. The number of hydrogen-bond acceptors (Lipinski definition) is 0. The SMILES string of the molecule is [2H]C1([2H])C[N+]2(CCC2)CC([2H])([2H])C1(C)C. The highest BCUT2D eigenvalue weighted by molar-refractivity contribution is 4.74. The normalized spacial score (nSPS) is 47.8. The zero-order chi connectivity index (χ0) is 11.5. The predicted octanol–water partition coefficient (Wildman–Crippen LogP) is 2.03. The Morgan fingerprint density at radius 2 is 1.64 bits per heavy atom. The molecule has 2 aliphatic heterocycles. The van der Waals surface area contributed by atoms with E-state index in [1.807, 2.05) is 0 Å². The highest BCUT2D eigenvalue weighted by atomic mass is 15.4. The standard InChI is InChI=1S/C10H20N/c1-10(2)4-8-11(9-5-10)6-3-7-11/h3-9H2,1-2H3/q+1/i4D2,5D2. The zero-order valence-electron chi connectivity index (χ0n) is 11.5. The third-order valence-electron chi connectivity index (χ3n) is 2.98. The first-order valence-corrected chi connectivity index (χ1v) is 4.47. The minimum absolute atomic E-state index is 0.486. The van der Waals surface area contributed by atoms with E-state index in [-0.39, 0.29) is 0 Å². The molecule has 11 heavy (non-hydrogen) atoms. The molecule has 2 saturated heterocycles. The van der Waals surface area contributed by atoms with Gasteiger partial charge in [-0.05, 0) is 5.41 Å². The minimum atomic E-state index is -1.41. The van der Waals surface area contributed by atoms with Gasteiger partial charge in [0.25, 0.3) is 0 Å². The molecular formula is C10H20N+. The van der Waals surface area contributed by atoms with Gasteiger partial charge in [0.15, 0.2) is 0 Å². The van der Waals surface area contributed by atoms with E-state index in [4.69, 9.17) is 5.48 Å². The van der Waals surface area contributed by atoms with Crippen molar-refractivity contribution in [3.05, 3.63) is 0 Å². The van der Waals surface area contributed by atoms with Crippen molar-refractivity contribution in [2.45, 2.75) is 33.0 Å². The lowest BCUT2D eigenvalue weighted by Crippen LogP contribution is -2.62. The highest BCUT2D eigenvalue weighted by Crippen LogP contribution is 2.36. The van der Waals surface area contributed by atoms with Gasteiger partial charge in [0.05, 0.1) is 26.2 Å². The van der Waals surface area contributed by atoms with Gasteiger partial charge in [0.1, 0.15) is 0 Å². The Hall–Kier alpha value is -0.0400. The minimum Gasteiger partial charge on any atom is -0.323 e. The fourth-order valence-electron chi connectivity index (χ4n) is 1.77. The topological polar surface area (TPSA) is 0 Å². The van der Waals surface area contributed by atoms with E-state index in [1.54, 1.807) is 13.8 Å². The van der Waals surface area contributed by atoms with Crippen LogP contribution < -0.4 is 0 Å².